The molecule has 5 nitrogen and oxygen atoms in total. The molecule has 102 valence electrons. The first kappa shape index (κ1) is 14.0. The quantitative estimate of drug-likeness (QED) is 0.822. The van der Waals surface area contributed by atoms with Crippen molar-refractivity contribution in [3.63, 3.8) is 0 Å². The third-order valence-electron chi connectivity index (χ3n) is 2.40. The second-order valence-electron chi connectivity index (χ2n) is 3.98. The summed E-state index contributed by atoms with van der Waals surface area (Å²) in [6.07, 6.45) is 3.11. The third-order valence-corrected chi connectivity index (χ3v) is 2.51. The Morgan fingerprint density at radius 3 is 2.90 bits per heavy atom. The Hall–Kier alpha value is -2.47. The van der Waals surface area contributed by atoms with Crippen LogP contribution in [-0.2, 0) is 0 Å². The van der Waals surface area contributed by atoms with Gasteiger partial charge in [0.2, 0.25) is 0 Å². The Kier molecular flexibility index (Phi) is 4.62. The van der Waals surface area contributed by atoms with Crippen molar-refractivity contribution < 1.29 is 9.53 Å². The van der Waals surface area contributed by atoms with Crippen LogP contribution >= 0.6 is 12.2 Å². The van der Waals surface area contributed by atoms with Crippen molar-refractivity contribution in [1.29, 1.82) is 0 Å². The zero-order valence-electron chi connectivity index (χ0n) is 10.6. The molecule has 0 aliphatic heterocycles. The predicted molar refractivity (Wildman–Crippen MR) is 80.9 cm³/mol. The van der Waals surface area contributed by atoms with Crippen molar-refractivity contribution in [3.05, 3.63) is 54.4 Å². The summed E-state index contributed by atoms with van der Waals surface area (Å²) in [5.74, 6) is 0.353. The number of amides is 1. The highest BCUT2D eigenvalue weighted by atomic mass is 32.1. The lowest BCUT2D eigenvalue weighted by atomic mass is 10.2. The van der Waals surface area contributed by atoms with Crippen LogP contribution in [0.3, 0.4) is 0 Å². The number of hydrogen-bond donors (Lipinski definition) is 2. The highest BCUT2D eigenvalue weighted by Gasteiger charge is 2.06. The molecule has 1 aromatic carbocycles. The van der Waals surface area contributed by atoms with E-state index in [0.717, 1.165) is 0 Å². The second kappa shape index (κ2) is 6.63. The van der Waals surface area contributed by atoms with Gasteiger partial charge in [-0.3, -0.25) is 9.78 Å². The van der Waals surface area contributed by atoms with Crippen molar-refractivity contribution in [3.8, 4) is 5.75 Å². The molecule has 0 bridgehead atoms. The number of rotatable bonds is 5. The lowest BCUT2D eigenvalue weighted by Crippen LogP contribution is -2.18. The molecule has 3 N–H and O–H groups in total. The number of thiocarbonyl (C=S) groups is 1. The summed E-state index contributed by atoms with van der Waals surface area (Å²) in [5.41, 5.74) is 6.48. The van der Waals surface area contributed by atoms with Gasteiger partial charge in [-0.1, -0.05) is 18.3 Å². The number of nitrogens with zero attached hydrogens (tertiary/aromatic N) is 1. The van der Waals surface area contributed by atoms with E-state index in [1.165, 1.54) is 6.20 Å². The molecule has 20 heavy (non-hydrogen) atoms. The highest BCUT2D eigenvalue weighted by molar-refractivity contribution is 7.80. The number of pyridine rings is 1. The van der Waals surface area contributed by atoms with E-state index in [2.05, 4.69) is 10.3 Å². The van der Waals surface area contributed by atoms with Gasteiger partial charge in [0, 0.05) is 24.1 Å². The molecule has 0 saturated carbocycles. The summed E-state index contributed by atoms with van der Waals surface area (Å²) in [4.78, 5) is 16.1. The number of ether oxygens (including phenoxy) is 1. The molecule has 0 spiro atoms. The van der Waals surface area contributed by atoms with Crippen LogP contribution in [0.15, 0.2) is 48.8 Å². The molecular weight excluding hydrogens is 274 g/mol. The minimum absolute atomic E-state index is 0.162. The lowest BCUT2D eigenvalue weighted by Gasteiger charge is -2.08. The molecule has 0 radical (unpaired) electrons. The Morgan fingerprint density at radius 1 is 1.35 bits per heavy atom. The summed E-state index contributed by atoms with van der Waals surface area (Å²) in [5, 5.41) is 2.76. The molecular formula is C14H13N3O2S. The number of carbonyl (C=O) groups excluding carboxylic acids is 1. The predicted octanol–water partition coefficient (Wildman–Crippen LogP) is 2.00. The first-order chi connectivity index (χ1) is 9.65. The molecule has 0 atom stereocenters. The first-order valence-electron chi connectivity index (χ1n) is 5.88. The molecule has 0 saturated heterocycles. The van der Waals surface area contributed by atoms with Gasteiger partial charge in [0.15, 0.2) is 0 Å². The number of aromatic nitrogens is 1. The molecule has 1 aromatic heterocycles. The number of nitrogens with two attached hydrogens (primary N) is 1. The van der Waals surface area contributed by atoms with E-state index in [1.807, 2.05) is 0 Å². The molecule has 6 heteroatoms. The van der Waals surface area contributed by atoms with Crippen molar-refractivity contribution in [2.45, 2.75) is 0 Å². The number of carbonyl (C=O) groups is 1. The number of anilines is 1. The molecule has 0 aliphatic carbocycles. The summed E-state index contributed by atoms with van der Waals surface area (Å²) >= 11 is 4.74. The van der Waals surface area contributed by atoms with Crippen LogP contribution in [0.4, 0.5) is 5.69 Å². The van der Waals surface area contributed by atoms with Crippen LogP contribution in [0.5, 0.6) is 5.75 Å². The van der Waals surface area contributed by atoms with E-state index in [-0.39, 0.29) is 17.5 Å². The van der Waals surface area contributed by atoms with Gasteiger partial charge in [0.05, 0.1) is 5.56 Å². The molecule has 0 aliphatic rings. The average molecular weight is 287 g/mol. The van der Waals surface area contributed by atoms with Crippen LogP contribution in [0.25, 0.3) is 0 Å². The summed E-state index contributed by atoms with van der Waals surface area (Å²) in [6, 6.07) is 10.4. The van der Waals surface area contributed by atoms with Gasteiger partial charge in [-0.05, 0) is 24.3 Å². The highest BCUT2D eigenvalue weighted by Crippen LogP contribution is 2.18. The fraction of sp³-hybridized carbons (Fsp3) is 0.0714. The van der Waals surface area contributed by atoms with Crippen LogP contribution in [0, 0.1) is 0 Å². The molecule has 1 amide bonds. The Morgan fingerprint density at radius 2 is 2.20 bits per heavy atom. The molecule has 2 aromatic rings. The van der Waals surface area contributed by atoms with E-state index in [1.54, 1.807) is 42.6 Å². The van der Waals surface area contributed by atoms with E-state index < -0.39 is 0 Å². The van der Waals surface area contributed by atoms with Crippen LogP contribution in [0.1, 0.15) is 10.4 Å². The zero-order valence-corrected chi connectivity index (χ0v) is 11.4. The maximum atomic E-state index is 12.0. The van der Waals surface area contributed by atoms with E-state index >= 15 is 0 Å². The van der Waals surface area contributed by atoms with Gasteiger partial charge in [-0.25, -0.2) is 0 Å². The number of benzene rings is 1. The Balaban J connectivity index is 2.04. The molecule has 2 rings (SSSR count). The van der Waals surface area contributed by atoms with E-state index in [4.69, 9.17) is 22.7 Å². The van der Waals surface area contributed by atoms with Gasteiger partial charge in [-0.2, -0.15) is 0 Å². The van der Waals surface area contributed by atoms with E-state index in [0.29, 0.717) is 17.0 Å². The zero-order chi connectivity index (χ0) is 14.4. The van der Waals surface area contributed by atoms with Crippen molar-refractivity contribution in [2.24, 2.45) is 5.73 Å². The van der Waals surface area contributed by atoms with Crippen molar-refractivity contribution in [2.75, 3.05) is 11.9 Å². The SMILES string of the molecule is NC(=S)COc1cccc(NC(=O)c2cccnc2)c1. The maximum Gasteiger partial charge on any atom is 0.257 e. The van der Waals surface area contributed by atoms with Gasteiger partial charge in [-0.15, -0.1) is 0 Å². The summed E-state index contributed by atoms with van der Waals surface area (Å²) in [7, 11) is 0. The molecule has 1 heterocycles. The minimum atomic E-state index is -0.232. The third kappa shape index (κ3) is 4.03. The summed E-state index contributed by atoms with van der Waals surface area (Å²) < 4.78 is 5.37. The maximum absolute atomic E-state index is 12.0. The first-order valence-corrected chi connectivity index (χ1v) is 6.28. The van der Waals surface area contributed by atoms with Crippen molar-refractivity contribution >= 4 is 28.8 Å². The minimum Gasteiger partial charge on any atom is -0.486 e. The Bertz CT molecular complexity index is 617. The van der Waals surface area contributed by atoms with Gasteiger partial charge in [0.1, 0.15) is 17.3 Å². The van der Waals surface area contributed by atoms with Gasteiger partial charge < -0.3 is 15.8 Å². The van der Waals surface area contributed by atoms with Gasteiger partial charge >= 0.3 is 0 Å². The number of hydrogen-bond acceptors (Lipinski definition) is 4. The normalized spacial score (nSPS) is 9.80. The standard InChI is InChI=1S/C14H13N3O2S/c15-13(20)9-19-12-5-1-4-11(7-12)17-14(18)10-3-2-6-16-8-10/h1-8H,9H2,(H2,15,20)(H,17,18). The Labute approximate surface area is 121 Å². The largest absolute Gasteiger partial charge is 0.486 e. The van der Waals surface area contributed by atoms with Crippen LogP contribution in [-0.4, -0.2) is 22.5 Å². The van der Waals surface area contributed by atoms with E-state index in [9.17, 15) is 4.79 Å². The monoisotopic (exact) mass is 287 g/mol. The van der Waals surface area contributed by atoms with Crippen LogP contribution < -0.4 is 15.8 Å². The smallest absolute Gasteiger partial charge is 0.257 e. The van der Waals surface area contributed by atoms with Crippen molar-refractivity contribution in [1.82, 2.24) is 4.98 Å². The molecule has 0 unspecified atom stereocenters. The fourth-order valence-corrected chi connectivity index (χ4v) is 1.58. The fourth-order valence-electron chi connectivity index (χ4n) is 1.52. The molecule has 0 fully saturated rings. The topological polar surface area (TPSA) is 77.2 Å². The van der Waals surface area contributed by atoms with Crippen LogP contribution in [0.2, 0.25) is 0 Å². The summed E-state index contributed by atoms with van der Waals surface area (Å²) in [6.45, 7) is 0.162. The lowest BCUT2D eigenvalue weighted by molar-refractivity contribution is 0.102. The number of nitrogens with one attached hydrogen (secondary N) is 1. The second-order valence-corrected chi connectivity index (χ2v) is 4.50. The van der Waals surface area contributed by atoms with Gasteiger partial charge in [0.25, 0.3) is 5.91 Å². The average Bonchev–Trinajstić information content (AvgIpc) is 2.46.